The minimum absolute atomic E-state index is 0.615. The van der Waals surface area contributed by atoms with E-state index in [1.54, 1.807) is 11.3 Å². The van der Waals surface area contributed by atoms with Crippen molar-refractivity contribution >= 4 is 11.3 Å². The van der Waals surface area contributed by atoms with Crippen molar-refractivity contribution in [3.63, 3.8) is 0 Å². The summed E-state index contributed by atoms with van der Waals surface area (Å²) in [5, 5.41) is 13.6. The third-order valence-electron chi connectivity index (χ3n) is 2.10. The number of aromatic nitrogens is 2. The van der Waals surface area contributed by atoms with Gasteiger partial charge in [-0.15, -0.1) is 21.5 Å². The van der Waals surface area contributed by atoms with E-state index in [1.165, 1.54) is 12.8 Å². The molecule has 1 rings (SSSR count). The maximum absolute atomic E-state index is 4.06. The van der Waals surface area contributed by atoms with Gasteiger partial charge in [-0.1, -0.05) is 13.8 Å². The van der Waals surface area contributed by atoms with E-state index in [0.717, 1.165) is 16.6 Å². The predicted molar refractivity (Wildman–Crippen MR) is 55.9 cm³/mol. The smallest absolute Gasteiger partial charge is 0.131 e. The lowest BCUT2D eigenvalue weighted by molar-refractivity contribution is 0.482. The first kappa shape index (κ1) is 10.6. The van der Waals surface area contributed by atoms with E-state index in [-0.39, 0.29) is 0 Å². The molecule has 3 nitrogen and oxygen atoms in total. The van der Waals surface area contributed by atoms with Gasteiger partial charge in [0, 0.05) is 12.6 Å². The lowest BCUT2D eigenvalue weighted by Crippen LogP contribution is -2.26. The Morgan fingerprint density at radius 3 is 2.46 bits per heavy atom. The Kier molecular flexibility index (Phi) is 4.32. The normalized spacial score (nSPS) is 11.1. The molecule has 1 heterocycles. The van der Waals surface area contributed by atoms with Gasteiger partial charge in [-0.05, 0) is 19.8 Å². The van der Waals surface area contributed by atoms with E-state index in [4.69, 9.17) is 0 Å². The van der Waals surface area contributed by atoms with Gasteiger partial charge in [0.25, 0.3) is 0 Å². The summed E-state index contributed by atoms with van der Waals surface area (Å²) in [7, 11) is 0. The second-order valence-electron chi connectivity index (χ2n) is 3.11. The molecule has 0 bridgehead atoms. The molecule has 0 atom stereocenters. The molecular formula is C9H17N3S. The topological polar surface area (TPSA) is 37.8 Å². The van der Waals surface area contributed by atoms with Crippen molar-refractivity contribution in [1.82, 2.24) is 15.5 Å². The average Bonchev–Trinajstić information content (AvgIpc) is 2.53. The Hall–Kier alpha value is -0.480. The van der Waals surface area contributed by atoms with Crippen LogP contribution in [0.4, 0.5) is 0 Å². The molecule has 0 aromatic carbocycles. The van der Waals surface area contributed by atoms with Crippen LogP contribution in [-0.4, -0.2) is 16.2 Å². The van der Waals surface area contributed by atoms with E-state index in [0.29, 0.717) is 6.04 Å². The summed E-state index contributed by atoms with van der Waals surface area (Å²) in [5.41, 5.74) is 0. The molecule has 0 aliphatic carbocycles. The van der Waals surface area contributed by atoms with Gasteiger partial charge in [-0.25, -0.2) is 0 Å². The van der Waals surface area contributed by atoms with Gasteiger partial charge in [0.2, 0.25) is 0 Å². The number of aryl methyl sites for hydroxylation is 1. The molecule has 1 N–H and O–H groups in total. The lowest BCUT2D eigenvalue weighted by Gasteiger charge is -2.12. The summed E-state index contributed by atoms with van der Waals surface area (Å²) in [5.74, 6) is 0. The van der Waals surface area contributed by atoms with E-state index in [1.807, 2.05) is 6.92 Å². The van der Waals surface area contributed by atoms with Crippen LogP contribution in [0.3, 0.4) is 0 Å². The molecule has 0 saturated carbocycles. The van der Waals surface area contributed by atoms with Crippen LogP contribution >= 0.6 is 11.3 Å². The van der Waals surface area contributed by atoms with Crippen LogP contribution < -0.4 is 5.32 Å². The molecule has 0 aliphatic heterocycles. The summed E-state index contributed by atoms with van der Waals surface area (Å²) in [4.78, 5) is 0. The fourth-order valence-corrected chi connectivity index (χ4v) is 1.88. The molecular weight excluding hydrogens is 182 g/mol. The predicted octanol–water partition coefficient (Wildman–Crippen LogP) is 2.12. The summed E-state index contributed by atoms with van der Waals surface area (Å²) in [6.45, 7) is 7.25. The number of hydrogen-bond donors (Lipinski definition) is 1. The third kappa shape index (κ3) is 3.40. The number of rotatable bonds is 5. The molecule has 0 fully saturated rings. The molecule has 0 saturated heterocycles. The molecule has 1 aromatic rings. The van der Waals surface area contributed by atoms with Crippen molar-refractivity contribution in [3.8, 4) is 0 Å². The summed E-state index contributed by atoms with van der Waals surface area (Å²) in [6, 6.07) is 0.615. The lowest BCUT2D eigenvalue weighted by atomic mass is 10.2. The van der Waals surface area contributed by atoms with Gasteiger partial charge < -0.3 is 5.32 Å². The average molecular weight is 199 g/mol. The van der Waals surface area contributed by atoms with Crippen LogP contribution in [0.2, 0.25) is 0 Å². The molecule has 1 aromatic heterocycles. The van der Waals surface area contributed by atoms with E-state index >= 15 is 0 Å². The molecule has 0 amide bonds. The van der Waals surface area contributed by atoms with Crippen LogP contribution in [0.1, 0.15) is 36.7 Å². The summed E-state index contributed by atoms with van der Waals surface area (Å²) >= 11 is 1.67. The van der Waals surface area contributed by atoms with Gasteiger partial charge in [-0.3, -0.25) is 0 Å². The monoisotopic (exact) mass is 199 g/mol. The zero-order valence-electron chi connectivity index (χ0n) is 8.50. The Morgan fingerprint density at radius 2 is 2.00 bits per heavy atom. The van der Waals surface area contributed by atoms with Crippen LogP contribution in [-0.2, 0) is 6.54 Å². The van der Waals surface area contributed by atoms with Gasteiger partial charge in [-0.2, -0.15) is 0 Å². The molecule has 4 heteroatoms. The van der Waals surface area contributed by atoms with Crippen molar-refractivity contribution in [2.45, 2.75) is 46.2 Å². The van der Waals surface area contributed by atoms with Crippen molar-refractivity contribution in [3.05, 3.63) is 10.0 Å². The Morgan fingerprint density at radius 1 is 1.31 bits per heavy atom. The standard InChI is InChI=1S/C9H17N3S/c1-4-8(5-2)10-6-9-12-11-7(3)13-9/h8,10H,4-6H2,1-3H3. The third-order valence-corrected chi connectivity index (χ3v) is 2.93. The van der Waals surface area contributed by atoms with Crippen molar-refractivity contribution in [2.24, 2.45) is 0 Å². The number of hydrogen-bond acceptors (Lipinski definition) is 4. The Bertz CT molecular complexity index is 243. The van der Waals surface area contributed by atoms with Crippen LogP contribution in [0.25, 0.3) is 0 Å². The van der Waals surface area contributed by atoms with E-state index in [9.17, 15) is 0 Å². The van der Waals surface area contributed by atoms with E-state index < -0.39 is 0 Å². The van der Waals surface area contributed by atoms with Crippen LogP contribution in [0.5, 0.6) is 0 Å². The van der Waals surface area contributed by atoms with Gasteiger partial charge >= 0.3 is 0 Å². The first-order valence-corrected chi connectivity index (χ1v) is 5.60. The molecule has 0 radical (unpaired) electrons. The van der Waals surface area contributed by atoms with Crippen LogP contribution in [0, 0.1) is 6.92 Å². The molecule has 0 unspecified atom stereocenters. The second-order valence-corrected chi connectivity index (χ2v) is 4.38. The second kappa shape index (κ2) is 5.29. The fourth-order valence-electron chi connectivity index (χ4n) is 1.22. The largest absolute Gasteiger partial charge is 0.308 e. The highest BCUT2D eigenvalue weighted by Gasteiger charge is 2.04. The molecule has 0 aliphatic rings. The zero-order chi connectivity index (χ0) is 9.68. The van der Waals surface area contributed by atoms with Crippen molar-refractivity contribution in [2.75, 3.05) is 0 Å². The van der Waals surface area contributed by atoms with Gasteiger partial charge in [0.1, 0.15) is 10.0 Å². The molecule has 0 spiro atoms. The maximum Gasteiger partial charge on any atom is 0.131 e. The van der Waals surface area contributed by atoms with Gasteiger partial charge in [0.05, 0.1) is 0 Å². The van der Waals surface area contributed by atoms with Crippen molar-refractivity contribution in [1.29, 1.82) is 0 Å². The highest BCUT2D eigenvalue weighted by atomic mass is 32.1. The first-order valence-electron chi connectivity index (χ1n) is 4.78. The highest BCUT2D eigenvalue weighted by molar-refractivity contribution is 7.11. The minimum Gasteiger partial charge on any atom is -0.308 e. The molecule has 13 heavy (non-hydrogen) atoms. The van der Waals surface area contributed by atoms with Gasteiger partial charge in [0.15, 0.2) is 0 Å². The SMILES string of the molecule is CCC(CC)NCc1nnc(C)s1. The number of nitrogens with one attached hydrogen (secondary N) is 1. The maximum atomic E-state index is 4.06. The van der Waals surface area contributed by atoms with Crippen molar-refractivity contribution < 1.29 is 0 Å². The Labute approximate surface area is 83.6 Å². The number of nitrogens with zero attached hydrogens (tertiary/aromatic N) is 2. The quantitative estimate of drug-likeness (QED) is 0.789. The van der Waals surface area contributed by atoms with E-state index in [2.05, 4.69) is 29.4 Å². The summed E-state index contributed by atoms with van der Waals surface area (Å²) < 4.78 is 0. The fraction of sp³-hybridized carbons (Fsp3) is 0.778. The molecule has 74 valence electrons. The minimum atomic E-state index is 0.615. The Balaban J connectivity index is 2.33. The summed E-state index contributed by atoms with van der Waals surface area (Å²) in [6.07, 6.45) is 2.35. The highest BCUT2D eigenvalue weighted by Crippen LogP contribution is 2.08. The van der Waals surface area contributed by atoms with Crippen LogP contribution in [0.15, 0.2) is 0 Å². The first-order chi connectivity index (χ1) is 6.26. The zero-order valence-corrected chi connectivity index (χ0v) is 9.32.